The van der Waals surface area contributed by atoms with E-state index < -0.39 is 0 Å². The van der Waals surface area contributed by atoms with Gasteiger partial charge in [-0.25, -0.2) is 4.98 Å². The number of amides is 2. The fraction of sp³-hybridized carbons (Fsp3) is 0.409. The molecule has 0 radical (unpaired) electrons. The Morgan fingerprint density at radius 3 is 2.44 bits per heavy atom. The normalized spacial score (nSPS) is 10.7. The summed E-state index contributed by atoms with van der Waals surface area (Å²) >= 11 is 0. The van der Waals surface area contributed by atoms with Crippen LogP contribution in [0.2, 0.25) is 0 Å². The van der Waals surface area contributed by atoms with Crippen LogP contribution in [0.1, 0.15) is 71.6 Å². The molecule has 5 heteroatoms. The molecule has 1 heterocycles. The molecule has 0 aliphatic rings. The highest BCUT2D eigenvalue weighted by Crippen LogP contribution is 2.27. The van der Waals surface area contributed by atoms with Crippen LogP contribution in [0.5, 0.6) is 0 Å². The number of benzene rings is 1. The average molecular weight is 367 g/mol. The molecule has 1 N–H and O–H groups in total. The van der Waals surface area contributed by atoms with Gasteiger partial charge in [0.25, 0.3) is 11.8 Å². The third-order valence-corrected chi connectivity index (χ3v) is 4.56. The summed E-state index contributed by atoms with van der Waals surface area (Å²) in [6.45, 7) is 8.91. The van der Waals surface area contributed by atoms with Crippen molar-refractivity contribution in [3.63, 3.8) is 0 Å². The third-order valence-electron chi connectivity index (χ3n) is 4.56. The zero-order valence-electron chi connectivity index (χ0n) is 16.9. The van der Waals surface area contributed by atoms with Gasteiger partial charge in [-0.15, -0.1) is 0 Å². The van der Waals surface area contributed by atoms with E-state index in [-0.39, 0.29) is 29.1 Å². The van der Waals surface area contributed by atoms with Crippen molar-refractivity contribution >= 4 is 17.5 Å². The minimum absolute atomic E-state index is 0.170. The summed E-state index contributed by atoms with van der Waals surface area (Å²) in [5, 5.41) is 2.98. The number of para-hydroxylation sites is 1. The second-order valence-electron chi connectivity index (χ2n) is 7.14. The van der Waals surface area contributed by atoms with E-state index in [2.05, 4.69) is 31.1 Å². The van der Waals surface area contributed by atoms with Gasteiger partial charge < -0.3 is 10.2 Å². The zero-order valence-corrected chi connectivity index (χ0v) is 16.9. The molecule has 1 aromatic carbocycles. The van der Waals surface area contributed by atoms with Crippen LogP contribution >= 0.6 is 0 Å². The molecule has 2 amide bonds. The Balaban J connectivity index is 2.23. The van der Waals surface area contributed by atoms with Gasteiger partial charge in [0.2, 0.25) is 0 Å². The number of pyridine rings is 1. The maximum absolute atomic E-state index is 12.8. The fourth-order valence-corrected chi connectivity index (χ4v) is 2.89. The Kier molecular flexibility index (Phi) is 7.11. The summed E-state index contributed by atoms with van der Waals surface area (Å²) in [7, 11) is 1.76. The first-order chi connectivity index (χ1) is 12.8. The average Bonchev–Trinajstić information content (AvgIpc) is 2.66. The molecule has 0 spiro atoms. The third kappa shape index (κ3) is 5.16. The molecule has 2 rings (SSSR count). The molecule has 0 aliphatic heterocycles. The van der Waals surface area contributed by atoms with Crippen molar-refractivity contribution in [2.75, 3.05) is 18.9 Å². The van der Waals surface area contributed by atoms with E-state index in [0.29, 0.717) is 6.54 Å². The first kappa shape index (κ1) is 20.6. The second kappa shape index (κ2) is 9.31. The largest absolute Gasteiger partial charge is 0.340 e. The van der Waals surface area contributed by atoms with Crippen LogP contribution in [0.3, 0.4) is 0 Å². The molecule has 5 nitrogen and oxygen atoms in total. The Labute approximate surface area is 161 Å². The van der Waals surface area contributed by atoms with E-state index in [4.69, 9.17) is 0 Å². The predicted molar refractivity (Wildman–Crippen MR) is 109 cm³/mol. The number of unbranched alkanes of at least 4 members (excludes halogenated alkanes) is 1. The van der Waals surface area contributed by atoms with Crippen LogP contribution in [0.4, 0.5) is 5.69 Å². The van der Waals surface area contributed by atoms with E-state index in [0.717, 1.165) is 29.7 Å². The van der Waals surface area contributed by atoms with E-state index >= 15 is 0 Å². The van der Waals surface area contributed by atoms with Gasteiger partial charge in [0.1, 0.15) is 11.4 Å². The van der Waals surface area contributed by atoms with Crippen LogP contribution in [0.25, 0.3) is 0 Å². The van der Waals surface area contributed by atoms with Crippen molar-refractivity contribution in [3.8, 4) is 0 Å². The topological polar surface area (TPSA) is 62.3 Å². The lowest BCUT2D eigenvalue weighted by Gasteiger charge is -2.17. The molecule has 0 saturated heterocycles. The Hall–Kier alpha value is -2.69. The molecule has 27 heavy (non-hydrogen) atoms. The Bertz CT molecular complexity index is 815. The Morgan fingerprint density at radius 2 is 1.78 bits per heavy atom. The van der Waals surface area contributed by atoms with Gasteiger partial charge in [-0.3, -0.25) is 9.59 Å². The molecular formula is C22H29N3O2. The number of anilines is 1. The fourth-order valence-electron chi connectivity index (χ4n) is 2.89. The van der Waals surface area contributed by atoms with Gasteiger partial charge in [0.05, 0.1) is 0 Å². The summed E-state index contributed by atoms with van der Waals surface area (Å²) in [6, 6.07) is 11.0. The van der Waals surface area contributed by atoms with Gasteiger partial charge in [-0.1, -0.05) is 51.5 Å². The van der Waals surface area contributed by atoms with Gasteiger partial charge >= 0.3 is 0 Å². The number of aryl methyl sites for hydroxylation is 1. The van der Waals surface area contributed by atoms with Crippen molar-refractivity contribution in [2.24, 2.45) is 0 Å². The molecule has 0 saturated carbocycles. The van der Waals surface area contributed by atoms with Crippen LogP contribution < -0.4 is 5.32 Å². The highest BCUT2D eigenvalue weighted by Gasteiger charge is 2.17. The highest BCUT2D eigenvalue weighted by atomic mass is 16.2. The lowest BCUT2D eigenvalue weighted by atomic mass is 9.98. The van der Waals surface area contributed by atoms with E-state index in [1.165, 1.54) is 0 Å². The molecule has 2 aromatic rings. The SMILES string of the molecule is CCCCN(C)C(=O)c1cccc(C(=O)Nc2c(C)cccc2C(C)C)n1. The molecule has 0 unspecified atom stereocenters. The van der Waals surface area contributed by atoms with Crippen molar-refractivity contribution < 1.29 is 9.59 Å². The standard InChI is InChI=1S/C22H29N3O2/c1-6-7-14-25(5)22(27)19-13-9-12-18(23-19)21(26)24-20-16(4)10-8-11-17(20)15(2)3/h8-13,15H,6-7,14H2,1-5H3,(H,24,26). The van der Waals surface area contributed by atoms with Gasteiger partial charge in [0.15, 0.2) is 0 Å². The smallest absolute Gasteiger partial charge is 0.274 e. The molecular weight excluding hydrogens is 338 g/mol. The van der Waals surface area contributed by atoms with E-state index in [1.54, 1.807) is 30.1 Å². The highest BCUT2D eigenvalue weighted by molar-refractivity contribution is 6.04. The van der Waals surface area contributed by atoms with Crippen molar-refractivity contribution in [1.29, 1.82) is 0 Å². The summed E-state index contributed by atoms with van der Waals surface area (Å²) in [4.78, 5) is 31.2. The minimum Gasteiger partial charge on any atom is -0.340 e. The van der Waals surface area contributed by atoms with Crippen LogP contribution in [0.15, 0.2) is 36.4 Å². The summed E-state index contributed by atoms with van der Waals surface area (Å²) in [5.74, 6) is -0.192. The lowest BCUT2D eigenvalue weighted by molar-refractivity contribution is 0.0787. The molecule has 1 aromatic heterocycles. The summed E-state index contributed by atoms with van der Waals surface area (Å²) < 4.78 is 0. The number of hydrogen-bond donors (Lipinski definition) is 1. The van der Waals surface area contributed by atoms with Crippen LogP contribution in [0, 0.1) is 6.92 Å². The van der Waals surface area contributed by atoms with E-state index in [1.807, 2.05) is 25.1 Å². The minimum atomic E-state index is -0.308. The molecule has 0 aliphatic carbocycles. The van der Waals surface area contributed by atoms with Crippen molar-refractivity contribution in [1.82, 2.24) is 9.88 Å². The molecule has 0 fully saturated rings. The number of carbonyl (C=O) groups excluding carboxylic acids is 2. The summed E-state index contributed by atoms with van der Waals surface area (Å²) in [5.41, 5.74) is 3.42. The number of carbonyl (C=O) groups is 2. The number of aromatic nitrogens is 1. The number of hydrogen-bond acceptors (Lipinski definition) is 3. The molecule has 0 bridgehead atoms. The molecule has 144 valence electrons. The molecule has 0 atom stereocenters. The van der Waals surface area contributed by atoms with Crippen LogP contribution in [-0.4, -0.2) is 35.3 Å². The maximum atomic E-state index is 12.8. The first-order valence-electron chi connectivity index (χ1n) is 9.48. The maximum Gasteiger partial charge on any atom is 0.274 e. The monoisotopic (exact) mass is 367 g/mol. The van der Waals surface area contributed by atoms with Gasteiger partial charge in [0, 0.05) is 19.3 Å². The van der Waals surface area contributed by atoms with Gasteiger partial charge in [-0.2, -0.15) is 0 Å². The summed E-state index contributed by atoms with van der Waals surface area (Å²) in [6.07, 6.45) is 1.95. The second-order valence-corrected chi connectivity index (χ2v) is 7.14. The van der Waals surface area contributed by atoms with Crippen LogP contribution in [-0.2, 0) is 0 Å². The van der Waals surface area contributed by atoms with Crippen molar-refractivity contribution in [3.05, 3.63) is 58.9 Å². The number of nitrogens with zero attached hydrogens (tertiary/aromatic N) is 2. The quantitative estimate of drug-likeness (QED) is 0.775. The number of rotatable bonds is 7. The Morgan fingerprint density at radius 1 is 1.11 bits per heavy atom. The lowest BCUT2D eigenvalue weighted by Crippen LogP contribution is -2.29. The zero-order chi connectivity index (χ0) is 20.0. The van der Waals surface area contributed by atoms with Crippen molar-refractivity contribution in [2.45, 2.75) is 46.5 Å². The number of nitrogens with one attached hydrogen (secondary N) is 1. The predicted octanol–water partition coefficient (Wildman–Crippen LogP) is 4.64. The van der Waals surface area contributed by atoms with E-state index in [9.17, 15) is 9.59 Å². The van der Waals surface area contributed by atoms with Gasteiger partial charge in [-0.05, 0) is 42.5 Å². The first-order valence-corrected chi connectivity index (χ1v) is 9.48.